The van der Waals surface area contributed by atoms with Crippen LogP contribution in [0.1, 0.15) is 0 Å². The molecule has 0 spiro atoms. The van der Waals surface area contributed by atoms with Crippen LogP contribution in [0.3, 0.4) is 0 Å². The molecule has 6 N–H and O–H groups in total. The molecule has 0 amide bonds. The van der Waals surface area contributed by atoms with Gasteiger partial charge >= 0.3 is 7.82 Å². The highest BCUT2D eigenvalue weighted by Crippen LogP contribution is 2.40. The fourth-order valence-electron chi connectivity index (χ4n) is 1.36. The molecule has 0 saturated heterocycles. The van der Waals surface area contributed by atoms with E-state index in [2.05, 4.69) is 4.52 Å². The molecule has 1 rings (SSSR count). The molecule has 0 radical (unpaired) electrons. The summed E-state index contributed by atoms with van der Waals surface area (Å²) in [5.41, 5.74) is 0. The van der Waals surface area contributed by atoms with Gasteiger partial charge in [-0.15, -0.1) is 0 Å². The largest absolute Gasteiger partial charge is 0.470 e. The second-order valence-corrected chi connectivity index (χ2v) is 4.53. The minimum absolute atomic E-state index is 1.24. The zero-order chi connectivity index (χ0) is 12.7. The van der Waals surface area contributed by atoms with Gasteiger partial charge in [0, 0.05) is 0 Å². The van der Waals surface area contributed by atoms with E-state index in [0.29, 0.717) is 0 Å². The fourth-order valence-corrected chi connectivity index (χ4v) is 1.92. The quantitative estimate of drug-likeness (QED) is 0.275. The van der Waals surface area contributed by atoms with Gasteiger partial charge in [-0.3, -0.25) is 9.32 Å². The van der Waals surface area contributed by atoms with E-state index in [9.17, 15) is 19.6 Å². The summed E-state index contributed by atoms with van der Waals surface area (Å²) >= 11 is 0. The number of aliphatic hydroxyl groups excluding tert-OH is 4. The highest BCUT2D eigenvalue weighted by Gasteiger charge is 2.50. The van der Waals surface area contributed by atoms with Gasteiger partial charge in [0.15, 0.2) is 5.78 Å². The Bertz CT molecular complexity index is 306. The zero-order valence-electron chi connectivity index (χ0n) is 7.74. The topological polar surface area (TPSA) is 165 Å². The molecule has 9 nitrogen and oxygen atoms in total. The summed E-state index contributed by atoms with van der Waals surface area (Å²) in [6, 6.07) is 0. The lowest BCUT2D eigenvalue weighted by Gasteiger charge is -2.36. The van der Waals surface area contributed by atoms with Crippen molar-refractivity contribution >= 4 is 13.6 Å². The average molecular weight is 258 g/mol. The maximum atomic E-state index is 11.0. The Hall–Kier alpha value is -0.380. The summed E-state index contributed by atoms with van der Waals surface area (Å²) in [6.07, 6.45) is -10.2. The van der Waals surface area contributed by atoms with Gasteiger partial charge in [0.2, 0.25) is 0 Å². The molecule has 0 aromatic rings. The second kappa shape index (κ2) is 4.47. The SMILES string of the molecule is O=C1[C@@H](O)[C@@H](O)C(OP(=O)(O)O)[C@H](O)[C@H]1O. The monoisotopic (exact) mass is 258 g/mol. The van der Waals surface area contributed by atoms with E-state index < -0.39 is 44.1 Å². The third-order valence-corrected chi connectivity index (χ3v) is 2.68. The Balaban J connectivity index is 2.91. The number of rotatable bonds is 2. The fraction of sp³-hybridized carbons (Fsp3) is 0.833. The van der Waals surface area contributed by atoms with Crippen molar-refractivity contribution in [3.63, 3.8) is 0 Å². The smallest absolute Gasteiger partial charge is 0.387 e. The molecule has 94 valence electrons. The van der Waals surface area contributed by atoms with Gasteiger partial charge in [-0.25, -0.2) is 4.57 Å². The average Bonchev–Trinajstić information content (AvgIpc) is 2.17. The molecule has 0 heterocycles. The molecule has 0 bridgehead atoms. The van der Waals surface area contributed by atoms with Crippen molar-refractivity contribution in [2.24, 2.45) is 0 Å². The zero-order valence-corrected chi connectivity index (χ0v) is 8.64. The minimum atomic E-state index is -5.04. The Morgan fingerprint density at radius 2 is 1.38 bits per heavy atom. The second-order valence-electron chi connectivity index (χ2n) is 3.33. The molecular weight excluding hydrogens is 247 g/mol. The summed E-state index contributed by atoms with van der Waals surface area (Å²) in [7, 11) is -5.04. The lowest BCUT2D eigenvalue weighted by molar-refractivity contribution is -0.183. The molecule has 1 saturated carbocycles. The number of Topliss-reactive ketones (excluding diaryl/α,β-unsaturated/α-hetero) is 1. The van der Waals surface area contributed by atoms with Crippen LogP contribution in [0, 0.1) is 0 Å². The van der Waals surface area contributed by atoms with E-state index in [1.54, 1.807) is 0 Å². The third kappa shape index (κ3) is 2.65. The van der Waals surface area contributed by atoms with Crippen molar-refractivity contribution in [2.45, 2.75) is 30.5 Å². The van der Waals surface area contributed by atoms with E-state index >= 15 is 0 Å². The van der Waals surface area contributed by atoms with Crippen molar-refractivity contribution in [3.8, 4) is 0 Å². The number of carbonyl (C=O) groups excluding carboxylic acids is 1. The predicted molar refractivity (Wildman–Crippen MR) is 46.0 cm³/mol. The van der Waals surface area contributed by atoms with Crippen molar-refractivity contribution in [3.05, 3.63) is 0 Å². The molecule has 0 aliphatic heterocycles. The van der Waals surface area contributed by atoms with Crippen LogP contribution in [0.4, 0.5) is 0 Å². The lowest BCUT2D eigenvalue weighted by atomic mass is 9.86. The van der Waals surface area contributed by atoms with Gasteiger partial charge in [0.05, 0.1) is 0 Å². The van der Waals surface area contributed by atoms with Gasteiger partial charge in [-0.1, -0.05) is 0 Å². The van der Waals surface area contributed by atoms with Gasteiger partial charge in [-0.2, -0.15) is 0 Å². The number of carbonyl (C=O) groups is 1. The molecule has 1 fully saturated rings. The minimum Gasteiger partial charge on any atom is -0.387 e. The van der Waals surface area contributed by atoms with Crippen LogP contribution in [0.5, 0.6) is 0 Å². The number of hydrogen-bond acceptors (Lipinski definition) is 7. The molecule has 10 heteroatoms. The summed E-state index contributed by atoms with van der Waals surface area (Å²) in [5.74, 6) is -1.24. The van der Waals surface area contributed by atoms with Crippen LogP contribution in [0.25, 0.3) is 0 Å². The molecule has 1 unspecified atom stereocenters. The van der Waals surface area contributed by atoms with Crippen molar-refractivity contribution in [2.75, 3.05) is 0 Å². The number of phosphoric acid groups is 1. The van der Waals surface area contributed by atoms with Crippen LogP contribution in [0.15, 0.2) is 0 Å². The van der Waals surface area contributed by atoms with E-state index in [-0.39, 0.29) is 0 Å². The van der Waals surface area contributed by atoms with E-state index in [1.807, 2.05) is 0 Å². The molecule has 1 aliphatic rings. The van der Waals surface area contributed by atoms with Crippen LogP contribution in [-0.2, 0) is 13.9 Å². The van der Waals surface area contributed by atoms with Crippen LogP contribution >= 0.6 is 7.82 Å². The first-order valence-electron chi connectivity index (χ1n) is 4.15. The molecule has 16 heavy (non-hydrogen) atoms. The van der Waals surface area contributed by atoms with Gasteiger partial charge in [-0.05, 0) is 0 Å². The molecular formula is C6H11O9P. The Kier molecular flexibility index (Phi) is 3.83. The van der Waals surface area contributed by atoms with Crippen LogP contribution < -0.4 is 0 Å². The number of hydrogen-bond donors (Lipinski definition) is 6. The highest BCUT2D eigenvalue weighted by atomic mass is 31.2. The van der Waals surface area contributed by atoms with Gasteiger partial charge < -0.3 is 30.2 Å². The molecule has 5 atom stereocenters. The Morgan fingerprint density at radius 1 is 1.00 bits per heavy atom. The number of aliphatic hydroxyl groups is 4. The van der Waals surface area contributed by atoms with Crippen molar-refractivity contribution < 1.29 is 44.1 Å². The number of ketones is 1. The lowest BCUT2D eigenvalue weighted by Crippen LogP contribution is -2.62. The van der Waals surface area contributed by atoms with Gasteiger partial charge in [0.25, 0.3) is 0 Å². The van der Waals surface area contributed by atoms with E-state index in [1.165, 1.54) is 0 Å². The molecule has 0 aromatic heterocycles. The first-order chi connectivity index (χ1) is 7.15. The highest BCUT2D eigenvalue weighted by molar-refractivity contribution is 7.46. The summed E-state index contributed by atoms with van der Waals surface area (Å²) in [5, 5.41) is 36.7. The maximum Gasteiger partial charge on any atom is 0.470 e. The van der Waals surface area contributed by atoms with E-state index in [0.717, 1.165) is 0 Å². The maximum absolute atomic E-state index is 11.0. The third-order valence-electron chi connectivity index (χ3n) is 2.16. The predicted octanol–water partition coefficient (Wildman–Crippen LogP) is -3.51. The van der Waals surface area contributed by atoms with Crippen LogP contribution in [-0.4, -0.2) is 66.5 Å². The summed E-state index contributed by atoms with van der Waals surface area (Å²) in [4.78, 5) is 27.9. The van der Waals surface area contributed by atoms with Crippen molar-refractivity contribution in [1.82, 2.24) is 0 Å². The number of phosphoric ester groups is 1. The normalized spacial score (nSPS) is 41.1. The van der Waals surface area contributed by atoms with Crippen LogP contribution in [0.2, 0.25) is 0 Å². The summed E-state index contributed by atoms with van der Waals surface area (Å²) in [6.45, 7) is 0. The first-order valence-corrected chi connectivity index (χ1v) is 5.68. The Morgan fingerprint density at radius 3 is 1.69 bits per heavy atom. The molecule has 1 aliphatic carbocycles. The van der Waals surface area contributed by atoms with E-state index in [4.69, 9.17) is 20.0 Å². The van der Waals surface area contributed by atoms with Gasteiger partial charge in [0.1, 0.15) is 30.5 Å². The molecule has 0 aromatic carbocycles. The standard InChI is InChI=1S/C6H11O9P/c7-1-2(8)4(10)6(5(11)3(1)9)15-16(12,13)14/h2-6,8-11H,(H2,12,13,14)/t2-,3+,4-,5-,6?/m1/s1. The first kappa shape index (κ1) is 13.7. The summed E-state index contributed by atoms with van der Waals surface area (Å²) < 4.78 is 14.5. The Labute approximate surface area is 89.1 Å². The van der Waals surface area contributed by atoms with Crippen molar-refractivity contribution in [1.29, 1.82) is 0 Å².